The molecule has 2 heterocycles. The zero-order chi connectivity index (χ0) is 32.3. The highest BCUT2D eigenvalue weighted by molar-refractivity contribution is 5.86. The quantitative estimate of drug-likeness (QED) is 0.206. The molecule has 5 rings (SSSR count). The fourth-order valence-corrected chi connectivity index (χ4v) is 6.48. The molecule has 0 spiro atoms. The van der Waals surface area contributed by atoms with Gasteiger partial charge in [0.05, 0.1) is 31.8 Å². The summed E-state index contributed by atoms with van der Waals surface area (Å²) in [5.41, 5.74) is 4.45. The number of benzene rings is 2. The average molecular weight is 634 g/mol. The number of hydrogen-bond donors (Lipinski definition) is 3. The highest BCUT2D eigenvalue weighted by Gasteiger charge is 2.35. The maximum Gasteiger partial charge on any atom is 0.407 e. The number of nitrogens with zero attached hydrogens (tertiary/aromatic N) is 1. The molecular weight excluding hydrogens is 590 g/mol. The van der Waals surface area contributed by atoms with E-state index in [1.807, 2.05) is 48.6 Å². The highest BCUT2D eigenvalue weighted by Crippen LogP contribution is 2.44. The van der Waals surface area contributed by atoms with E-state index < -0.39 is 24.0 Å². The third-order valence-corrected chi connectivity index (χ3v) is 8.79. The molecule has 3 N–H and O–H groups in total. The molecule has 0 aromatic heterocycles. The summed E-state index contributed by atoms with van der Waals surface area (Å²) in [5, 5.41) is 14.3. The molecule has 1 fully saturated rings. The van der Waals surface area contributed by atoms with Crippen molar-refractivity contribution in [2.45, 2.75) is 56.5 Å². The van der Waals surface area contributed by atoms with Crippen LogP contribution in [0, 0.1) is 5.92 Å². The minimum absolute atomic E-state index is 0.0159. The van der Waals surface area contributed by atoms with Gasteiger partial charge in [0.15, 0.2) is 0 Å². The van der Waals surface area contributed by atoms with Crippen LogP contribution >= 0.6 is 0 Å². The average Bonchev–Trinajstić information content (AvgIpc) is 3.67. The van der Waals surface area contributed by atoms with Crippen LogP contribution in [0.2, 0.25) is 0 Å². The number of carbonyl (C=O) groups is 4. The van der Waals surface area contributed by atoms with Crippen LogP contribution in [0.25, 0.3) is 11.1 Å². The molecule has 1 saturated heterocycles. The molecule has 11 heteroatoms. The van der Waals surface area contributed by atoms with E-state index in [-0.39, 0.29) is 69.8 Å². The second-order valence-electron chi connectivity index (χ2n) is 11.9. The molecule has 2 aliphatic heterocycles. The van der Waals surface area contributed by atoms with Gasteiger partial charge in [-0.1, -0.05) is 60.7 Å². The van der Waals surface area contributed by atoms with Gasteiger partial charge in [0.2, 0.25) is 11.8 Å². The summed E-state index contributed by atoms with van der Waals surface area (Å²) in [5.74, 6) is -1.62. The molecule has 0 saturated carbocycles. The molecule has 3 atom stereocenters. The van der Waals surface area contributed by atoms with Crippen LogP contribution in [0.4, 0.5) is 4.79 Å². The van der Waals surface area contributed by atoms with E-state index in [9.17, 15) is 19.2 Å². The van der Waals surface area contributed by atoms with Crippen LogP contribution < -0.4 is 10.6 Å². The van der Waals surface area contributed by atoms with Gasteiger partial charge in [-0.15, -0.1) is 0 Å². The van der Waals surface area contributed by atoms with E-state index in [2.05, 4.69) is 22.8 Å². The van der Waals surface area contributed by atoms with E-state index in [1.54, 1.807) is 4.90 Å². The number of cyclic esters (lactones) is 1. The molecule has 2 aromatic rings. The number of ether oxygens (including phenoxy) is 3. The predicted octanol–water partition coefficient (Wildman–Crippen LogP) is 3.30. The largest absolute Gasteiger partial charge is 0.462 e. The number of rotatable bonds is 10. The van der Waals surface area contributed by atoms with Crippen LogP contribution in [0.5, 0.6) is 0 Å². The van der Waals surface area contributed by atoms with E-state index in [0.29, 0.717) is 32.2 Å². The molecule has 2 aromatic carbocycles. The Labute approximate surface area is 269 Å². The van der Waals surface area contributed by atoms with E-state index in [1.165, 1.54) is 0 Å². The Balaban J connectivity index is 1.19. The number of amides is 3. The first kappa shape index (κ1) is 33.2. The Hall–Kier alpha value is -4.22. The lowest BCUT2D eigenvalue weighted by atomic mass is 9.97. The number of nitrogens with one attached hydrogen (secondary N) is 2. The molecule has 246 valence electrons. The monoisotopic (exact) mass is 633 g/mol. The van der Waals surface area contributed by atoms with Crippen molar-refractivity contribution in [3.05, 3.63) is 71.8 Å². The van der Waals surface area contributed by atoms with Crippen molar-refractivity contribution in [2.24, 2.45) is 5.92 Å². The number of alkyl carbamates (subject to hydrolysis) is 1. The van der Waals surface area contributed by atoms with Gasteiger partial charge in [-0.05, 0) is 54.4 Å². The number of esters is 1. The van der Waals surface area contributed by atoms with E-state index in [0.717, 1.165) is 28.7 Å². The Morgan fingerprint density at radius 2 is 1.72 bits per heavy atom. The number of hydrogen-bond acceptors (Lipinski definition) is 8. The zero-order valence-corrected chi connectivity index (χ0v) is 26.0. The number of allylic oxidation sites excluding steroid dienone is 2. The van der Waals surface area contributed by atoms with Crippen LogP contribution in [0.1, 0.15) is 55.6 Å². The molecule has 0 radical (unpaired) electrons. The topological polar surface area (TPSA) is 144 Å². The van der Waals surface area contributed by atoms with Gasteiger partial charge in [-0.3, -0.25) is 9.59 Å². The summed E-state index contributed by atoms with van der Waals surface area (Å²) >= 11 is 0. The molecule has 3 amide bonds. The number of aliphatic hydroxyl groups excluding tert-OH is 1. The lowest BCUT2D eigenvalue weighted by Gasteiger charge is -2.28. The van der Waals surface area contributed by atoms with Crippen LogP contribution in [0.15, 0.2) is 60.7 Å². The summed E-state index contributed by atoms with van der Waals surface area (Å²) in [6.45, 7) is 1.35. The molecule has 0 bridgehead atoms. The smallest absolute Gasteiger partial charge is 0.407 e. The van der Waals surface area contributed by atoms with E-state index in [4.69, 9.17) is 19.3 Å². The molecule has 11 nitrogen and oxygen atoms in total. The SMILES string of the molecule is O=C(C[C@H]1CC=CCC[C@@H](NC(=O)OCC2c3ccccc3-c3ccccc32)C(=O)OC[C@@H]2CCCN2C1=O)NCCOCCO. The molecular formula is C35H43N3O8. The van der Waals surface area contributed by atoms with Crippen molar-refractivity contribution in [2.75, 3.05) is 46.1 Å². The van der Waals surface area contributed by atoms with Crippen molar-refractivity contribution >= 4 is 23.9 Å². The fourth-order valence-electron chi connectivity index (χ4n) is 6.48. The first-order valence-electron chi connectivity index (χ1n) is 16.1. The zero-order valence-electron chi connectivity index (χ0n) is 26.0. The van der Waals surface area contributed by atoms with Crippen molar-refractivity contribution in [1.82, 2.24) is 15.5 Å². The Bertz CT molecular complexity index is 1370. The minimum atomic E-state index is -0.916. The lowest BCUT2D eigenvalue weighted by Crippen LogP contribution is -2.46. The summed E-state index contributed by atoms with van der Waals surface area (Å²) in [6.07, 6.45) is 5.62. The minimum Gasteiger partial charge on any atom is -0.462 e. The normalized spacial score (nSPS) is 21.6. The molecule has 0 unspecified atom stereocenters. The Morgan fingerprint density at radius 1 is 0.978 bits per heavy atom. The van der Waals surface area contributed by atoms with Crippen LogP contribution in [0.3, 0.4) is 0 Å². The van der Waals surface area contributed by atoms with Crippen molar-refractivity contribution in [3.63, 3.8) is 0 Å². The van der Waals surface area contributed by atoms with Crippen LogP contribution in [-0.4, -0.2) is 92.1 Å². The van der Waals surface area contributed by atoms with Crippen molar-refractivity contribution in [3.8, 4) is 11.1 Å². The van der Waals surface area contributed by atoms with E-state index >= 15 is 0 Å². The molecule has 46 heavy (non-hydrogen) atoms. The van der Waals surface area contributed by atoms with Gasteiger partial charge in [-0.2, -0.15) is 0 Å². The number of aliphatic hydroxyl groups is 1. The summed E-state index contributed by atoms with van der Waals surface area (Å²) in [4.78, 5) is 54.1. The van der Waals surface area contributed by atoms with Gasteiger partial charge in [0.1, 0.15) is 19.3 Å². The lowest BCUT2D eigenvalue weighted by molar-refractivity contribution is -0.150. The van der Waals surface area contributed by atoms with Crippen LogP contribution in [-0.2, 0) is 28.6 Å². The van der Waals surface area contributed by atoms with Gasteiger partial charge in [0, 0.05) is 25.4 Å². The highest BCUT2D eigenvalue weighted by atomic mass is 16.6. The summed E-state index contributed by atoms with van der Waals surface area (Å²) in [7, 11) is 0. The number of carbonyl (C=O) groups excluding carboxylic acids is 4. The maximum absolute atomic E-state index is 13.6. The van der Waals surface area contributed by atoms with Crippen molar-refractivity contribution < 1.29 is 38.5 Å². The van der Waals surface area contributed by atoms with Gasteiger partial charge < -0.3 is 34.9 Å². The third kappa shape index (κ3) is 8.32. The Kier molecular flexibility index (Phi) is 11.8. The third-order valence-electron chi connectivity index (χ3n) is 8.79. The van der Waals surface area contributed by atoms with Gasteiger partial charge in [0.25, 0.3) is 0 Å². The standard InChI is InChI=1S/C35H43N3O8/c39-18-20-44-19-16-36-32(40)21-24-9-2-1-3-15-31(34(42)45-22-25-10-8-17-38(25)33(24)41)37-35(43)46-23-30-28-13-6-4-11-26(28)27-12-5-7-14-29(27)30/h1-2,4-7,11-14,24-25,30-31,39H,3,8-10,15-23H2,(H,36,40)(H,37,43)/t24-,25+,31-/m1/s1. The Morgan fingerprint density at radius 3 is 2.46 bits per heavy atom. The van der Waals surface area contributed by atoms with Gasteiger partial charge >= 0.3 is 12.1 Å². The predicted molar refractivity (Wildman–Crippen MR) is 170 cm³/mol. The second-order valence-corrected chi connectivity index (χ2v) is 11.9. The molecule has 3 aliphatic rings. The fraction of sp³-hybridized carbons (Fsp3) is 0.486. The van der Waals surface area contributed by atoms with Gasteiger partial charge in [-0.25, -0.2) is 9.59 Å². The summed E-state index contributed by atoms with van der Waals surface area (Å²) in [6, 6.07) is 15.0. The first-order chi connectivity index (χ1) is 22.5. The van der Waals surface area contributed by atoms with Crippen molar-refractivity contribution in [1.29, 1.82) is 0 Å². The summed E-state index contributed by atoms with van der Waals surface area (Å²) < 4.78 is 16.5. The number of fused-ring (bicyclic) bond motifs is 4. The first-order valence-corrected chi connectivity index (χ1v) is 16.1. The second kappa shape index (κ2) is 16.4. The molecule has 1 aliphatic carbocycles. The maximum atomic E-state index is 13.6.